The van der Waals surface area contributed by atoms with Gasteiger partial charge in [0.2, 0.25) is 11.8 Å². The Bertz CT molecular complexity index is 574. The van der Waals surface area contributed by atoms with Gasteiger partial charge in [-0.05, 0) is 32.3 Å². The normalized spacial score (nSPS) is 11.5. The summed E-state index contributed by atoms with van der Waals surface area (Å²) in [6.45, 7) is 2.42. The molecule has 0 aliphatic heterocycles. The second-order valence-corrected chi connectivity index (χ2v) is 5.62. The van der Waals surface area contributed by atoms with E-state index >= 15 is 0 Å². The Labute approximate surface area is 139 Å². The lowest BCUT2D eigenvalue weighted by atomic mass is 10.1. The minimum absolute atomic E-state index is 0.0171. The number of nitrogens with zero attached hydrogens (tertiary/aromatic N) is 2. The molecule has 0 atom stereocenters. The lowest BCUT2D eigenvalue weighted by Crippen LogP contribution is -2.36. The number of rotatable bonds is 7. The lowest BCUT2D eigenvalue weighted by Gasteiger charge is -2.22. The maximum absolute atomic E-state index is 12.8. The molecular formula is C16H22F3N3O2. The zero-order valence-electron chi connectivity index (χ0n) is 14.0. The van der Waals surface area contributed by atoms with Crippen LogP contribution in [-0.4, -0.2) is 50.4 Å². The van der Waals surface area contributed by atoms with Crippen LogP contribution in [0.3, 0.4) is 0 Å². The van der Waals surface area contributed by atoms with Gasteiger partial charge in [-0.3, -0.25) is 9.59 Å². The minimum Gasteiger partial charge on any atom is -0.355 e. The predicted octanol–water partition coefficient (Wildman–Crippen LogP) is 2.13. The molecule has 0 radical (unpaired) electrons. The number of nitrogens with one attached hydrogen (secondary N) is 1. The zero-order valence-corrected chi connectivity index (χ0v) is 14.0. The molecule has 134 valence electrons. The third-order valence-electron chi connectivity index (χ3n) is 3.31. The van der Waals surface area contributed by atoms with Crippen LogP contribution in [-0.2, 0) is 15.8 Å². The molecule has 1 aromatic carbocycles. The van der Waals surface area contributed by atoms with Gasteiger partial charge in [-0.2, -0.15) is 13.2 Å². The first kappa shape index (κ1) is 20.0. The lowest BCUT2D eigenvalue weighted by molar-refractivity contribution is -0.137. The van der Waals surface area contributed by atoms with Crippen molar-refractivity contribution in [2.45, 2.75) is 19.5 Å². The molecule has 1 N–H and O–H groups in total. The van der Waals surface area contributed by atoms with Crippen LogP contribution in [0.2, 0.25) is 0 Å². The molecule has 5 nitrogen and oxygen atoms in total. The van der Waals surface area contributed by atoms with Crippen LogP contribution in [0.4, 0.5) is 18.9 Å². The first-order valence-corrected chi connectivity index (χ1v) is 7.48. The molecule has 0 fully saturated rings. The quantitative estimate of drug-likeness (QED) is 0.824. The van der Waals surface area contributed by atoms with Crippen molar-refractivity contribution in [2.75, 3.05) is 38.6 Å². The Hall–Kier alpha value is -2.09. The van der Waals surface area contributed by atoms with Crippen molar-refractivity contribution in [3.63, 3.8) is 0 Å². The van der Waals surface area contributed by atoms with Gasteiger partial charge in [-0.25, -0.2) is 0 Å². The third-order valence-corrected chi connectivity index (χ3v) is 3.31. The molecule has 0 heterocycles. The Morgan fingerprint density at radius 1 is 1.17 bits per heavy atom. The number of benzene rings is 1. The maximum Gasteiger partial charge on any atom is 0.416 e. The molecule has 0 aromatic heterocycles. The average Bonchev–Trinajstić information content (AvgIpc) is 2.46. The molecule has 0 aliphatic rings. The highest BCUT2D eigenvalue weighted by Gasteiger charge is 2.31. The number of carbonyl (C=O) groups excluding carboxylic acids is 2. The van der Waals surface area contributed by atoms with Gasteiger partial charge in [-0.15, -0.1) is 0 Å². The second kappa shape index (κ2) is 8.68. The van der Waals surface area contributed by atoms with E-state index < -0.39 is 17.6 Å². The summed E-state index contributed by atoms with van der Waals surface area (Å²) in [7, 11) is 3.74. The summed E-state index contributed by atoms with van der Waals surface area (Å²) in [6.07, 6.45) is -4.47. The number of amides is 2. The molecule has 0 spiro atoms. The predicted molar refractivity (Wildman–Crippen MR) is 85.7 cm³/mol. The fourth-order valence-corrected chi connectivity index (χ4v) is 2.04. The topological polar surface area (TPSA) is 52.7 Å². The van der Waals surface area contributed by atoms with Gasteiger partial charge in [0.05, 0.1) is 5.56 Å². The summed E-state index contributed by atoms with van der Waals surface area (Å²) >= 11 is 0. The number of carbonyl (C=O) groups is 2. The Morgan fingerprint density at radius 3 is 2.38 bits per heavy atom. The number of hydrogen-bond acceptors (Lipinski definition) is 3. The summed E-state index contributed by atoms with van der Waals surface area (Å²) in [5.74, 6) is -0.675. The van der Waals surface area contributed by atoms with Crippen molar-refractivity contribution in [2.24, 2.45) is 0 Å². The summed E-state index contributed by atoms with van der Waals surface area (Å²) < 4.78 is 38.3. The fourth-order valence-electron chi connectivity index (χ4n) is 2.04. The van der Waals surface area contributed by atoms with Crippen LogP contribution in [0.15, 0.2) is 24.3 Å². The number of halogens is 3. The summed E-state index contributed by atoms with van der Waals surface area (Å²) in [5.41, 5.74) is -0.708. The molecule has 24 heavy (non-hydrogen) atoms. The smallest absolute Gasteiger partial charge is 0.355 e. The molecule has 0 bridgehead atoms. The molecule has 1 rings (SSSR count). The van der Waals surface area contributed by atoms with Crippen LogP contribution in [0, 0.1) is 0 Å². The third kappa shape index (κ3) is 6.57. The fraction of sp³-hybridized carbons (Fsp3) is 0.500. The van der Waals surface area contributed by atoms with Gasteiger partial charge in [0.1, 0.15) is 0 Å². The summed E-state index contributed by atoms with van der Waals surface area (Å²) in [4.78, 5) is 26.6. The first-order valence-electron chi connectivity index (χ1n) is 7.48. The molecule has 0 saturated carbocycles. The number of likely N-dealkylation sites (N-methyl/N-ethyl adjacent to an activating group) is 1. The van der Waals surface area contributed by atoms with E-state index in [9.17, 15) is 22.8 Å². The standard InChI is InChI=1S/C16H22F3N3O2/c1-12(23)22(9-7-15(24)20-8-10-21(2)3)14-6-4-5-13(11-14)16(17,18)19/h4-6,11H,7-10H2,1-3H3,(H,20,24). The van der Waals surface area contributed by atoms with Crippen molar-refractivity contribution in [1.29, 1.82) is 0 Å². The van der Waals surface area contributed by atoms with Crippen LogP contribution in [0.1, 0.15) is 18.9 Å². The highest BCUT2D eigenvalue weighted by Crippen LogP contribution is 2.31. The van der Waals surface area contributed by atoms with Gasteiger partial charge < -0.3 is 15.1 Å². The van der Waals surface area contributed by atoms with Gasteiger partial charge in [0.15, 0.2) is 0 Å². The van der Waals surface area contributed by atoms with Crippen molar-refractivity contribution < 1.29 is 22.8 Å². The van der Waals surface area contributed by atoms with Gasteiger partial charge in [0.25, 0.3) is 0 Å². The molecule has 0 aliphatic carbocycles. The average molecular weight is 345 g/mol. The zero-order chi connectivity index (χ0) is 18.3. The number of alkyl halides is 3. The SMILES string of the molecule is CC(=O)N(CCC(=O)NCCN(C)C)c1cccc(C(F)(F)F)c1. The van der Waals surface area contributed by atoms with E-state index in [2.05, 4.69) is 5.32 Å². The van der Waals surface area contributed by atoms with Crippen molar-refractivity contribution in [1.82, 2.24) is 10.2 Å². The number of anilines is 1. The highest BCUT2D eigenvalue weighted by molar-refractivity contribution is 5.92. The maximum atomic E-state index is 12.8. The number of hydrogen-bond donors (Lipinski definition) is 1. The van der Waals surface area contributed by atoms with Gasteiger partial charge in [0, 0.05) is 38.7 Å². The van der Waals surface area contributed by atoms with E-state index in [0.29, 0.717) is 13.1 Å². The van der Waals surface area contributed by atoms with E-state index in [4.69, 9.17) is 0 Å². The van der Waals surface area contributed by atoms with Crippen molar-refractivity contribution in [3.05, 3.63) is 29.8 Å². The van der Waals surface area contributed by atoms with E-state index in [1.165, 1.54) is 24.0 Å². The summed E-state index contributed by atoms with van der Waals surface area (Å²) in [5, 5.41) is 2.70. The van der Waals surface area contributed by atoms with Crippen LogP contribution >= 0.6 is 0 Å². The largest absolute Gasteiger partial charge is 0.416 e. The second-order valence-electron chi connectivity index (χ2n) is 5.62. The Balaban J connectivity index is 2.71. The monoisotopic (exact) mass is 345 g/mol. The van der Waals surface area contributed by atoms with E-state index in [0.717, 1.165) is 12.1 Å². The molecule has 1 aromatic rings. The molecule has 0 saturated heterocycles. The Kier molecular flexibility index (Phi) is 7.21. The Morgan fingerprint density at radius 2 is 1.83 bits per heavy atom. The van der Waals surface area contributed by atoms with Crippen molar-refractivity contribution in [3.8, 4) is 0 Å². The van der Waals surface area contributed by atoms with E-state index in [-0.39, 0.29) is 24.6 Å². The van der Waals surface area contributed by atoms with Crippen LogP contribution < -0.4 is 10.2 Å². The summed E-state index contributed by atoms with van der Waals surface area (Å²) in [6, 6.07) is 4.51. The van der Waals surface area contributed by atoms with Crippen molar-refractivity contribution >= 4 is 17.5 Å². The van der Waals surface area contributed by atoms with Crippen LogP contribution in [0.25, 0.3) is 0 Å². The molecule has 0 unspecified atom stereocenters. The minimum atomic E-state index is -4.48. The van der Waals surface area contributed by atoms with Gasteiger partial charge in [-0.1, -0.05) is 6.07 Å². The van der Waals surface area contributed by atoms with E-state index in [1.807, 2.05) is 19.0 Å². The highest BCUT2D eigenvalue weighted by atomic mass is 19.4. The molecule has 8 heteroatoms. The first-order chi connectivity index (χ1) is 11.1. The van der Waals surface area contributed by atoms with Gasteiger partial charge >= 0.3 is 6.18 Å². The van der Waals surface area contributed by atoms with Crippen LogP contribution in [0.5, 0.6) is 0 Å². The molecule has 2 amide bonds. The molecular weight excluding hydrogens is 323 g/mol. The van der Waals surface area contributed by atoms with E-state index in [1.54, 1.807) is 0 Å².